The zero-order valence-corrected chi connectivity index (χ0v) is 10.9. The molecule has 0 aromatic rings. The van der Waals surface area contributed by atoms with Gasteiger partial charge in [0.05, 0.1) is 12.6 Å². The van der Waals surface area contributed by atoms with E-state index >= 15 is 0 Å². The molecular weight excluding hydrogens is 240 g/mol. The van der Waals surface area contributed by atoms with Crippen molar-refractivity contribution in [1.29, 1.82) is 0 Å². The van der Waals surface area contributed by atoms with Crippen molar-refractivity contribution in [3.05, 3.63) is 25.3 Å². The topological polar surface area (TPSA) is 110 Å². The average molecular weight is 263 g/mol. The van der Waals surface area contributed by atoms with Gasteiger partial charge >= 0.3 is 0 Å². The van der Waals surface area contributed by atoms with Gasteiger partial charge in [0.2, 0.25) is 0 Å². The summed E-state index contributed by atoms with van der Waals surface area (Å²) in [5.41, 5.74) is 0. The normalized spacial score (nSPS) is 10.3. The van der Waals surface area contributed by atoms with Crippen LogP contribution in [0.15, 0.2) is 25.3 Å². The smallest absolute Gasteiger partial charge is 0.152 e. The highest BCUT2D eigenvalue weighted by Gasteiger charge is 1.89. The summed E-state index contributed by atoms with van der Waals surface area (Å²) in [5, 5.41) is 33.8. The number of aliphatic hydroxyl groups excluding tert-OH is 2. The van der Waals surface area contributed by atoms with Crippen molar-refractivity contribution in [2.24, 2.45) is 0 Å². The number of aliphatic hydroxyl groups is 3. The second kappa shape index (κ2) is 18.2. The highest BCUT2D eigenvalue weighted by atomic mass is 16.6. The van der Waals surface area contributed by atoms with Crippen LogP contribution < -0.4 is 5.11 Å². The fraction of sp³-hybridized carbons (Fsp3) is 0.583. The standard InChI is InChI=1S/C5H10O2.C4H10O2.C3H4O2/c1-3-4-7-5(2)6;1-2-3-4(5)6;1-2-3(4)5/h3,5-6H,1,4H2,2H3;4-6H,2-3H2,1H3;2H,1H2,(H,4,5)/p-1. The van der Waals surface area contributed by atoms with E-state index in [-0.39, 0.29) is 0 Å². The van der Waals surface area contributed by atoms with Crippen molar-refractivity contribution in [2.45, 2.75) is 39.3 Å². The fourth-order valence-corrected chi connectivity index (χ4v) is 0.465. The lowest BCUT2D eigenvalue weighted by molar-refractivity contribution is -0.297. The van der Waals surface area contributed by atoms with Crippen LogP contribution in [0.3, 0.4) is 0 Å². The van der Waals surface area contributed by atoms with E-state index in [0.717, 1.165) is 12.5 Å². The number of ether oxygens (including phenoxy) is 1. The molecule has 0 aliphatic carbocycles. The van der Waals surface area contributed by atoms with Gasteiger partial charge in [-0.1, -0.05) is 26.0 Å². The molecule has 0 aromatic heterocycles. The average Bonchev–Trinajstić information content (AvgIpc) is 2.27. The van der Waals surface area contributed by atoms with Gasteiger partial charge in [-0.3, -0.25) is 0 Å². The van der Waals surface area contributed by atoms with E-state index in [2.05, 4.69) is 17.9 Å². The maximum Gasteiger partial charge on any atom is 0.152 e. The summed E-state index contributed by atoms with van der Waals surface area (Å²) in [7, 11) is 0. The van der Waals surface area contributed by atoms with Crippen LogP contribution in [0.25, 0.3) is 0 Å². The SMILES string of the molecule is C=CC(=O)[O-].C=CCOC(C)O.CCCC(O)O. The lowest BCUT2D eigenvalue weighted by Gasteiger charge is -2.00. The number of carbonyl (C=O) groups excluding carboxylic acids is 1. The van der Waals surface area contributed by atoms with Crippen molar-refractivity contribution in [1.82, 2.24) is 0 Å². The second-order valence-corrected chi connectivity index (χ2v) is 3.01. The Bertz CT molecular complexity index is 201. The van der Waals surface area contributed by atoms with Gasteiger partial charge in [0.15, 0.2) is 12.6 Å². The van der Waals surface area contributed by atoms with E-state index in [4.69, 9.17) is 25.2 Å². The predicted octanol–water partition coefficient (Wildman–Crippen LogP) is -0.453. The van der Waals surface area contributed by atoms with Crippen LogP contribution in [0, 0.1) is 0 Å². The number of hydrogen-bond acceptors (Lipinski definition) is 6. The van der Waals surface area contributed by atoms with Crippen molar-refractivity contribution >= 4 is 5.97 Å². The van der Waals surface area contributed by atoms with E-state index in [1.165, 1.54) is 0 Å². The maximum atomic E-state index is 9.14. The van der Waals surface area contributed by atoms with Gasteiger partial charge in [0.1, 0.15) is 0 Å². The first-order valence-electron chi connectivity index (χ1n) is 5.41. The Kier molecular flexibility index (Phi) is 22.2. The molecule has 0 radical (unpaired) electrons. The van der Waals surface area contributed by atoms with Gasteiger partial charge < -0.3 is 30.0 Å². The second-order valence-electron chi connectivity index (χ2n) is 3.01. The molecule has 0 bridgehead atoms. The minimum atomic E-state index is -1.23. The van der Waals surface area contributed by atoms with Crippen LogP contribution in [0.4, 0.5) is 0 Å². The fourth-order valence-electron chi connectivity index (χ4n) is 0.465. The highest BCUT2D eigenvalue weighted by molar-refractivity contribution is 5.76. The van der Waals surface area contributed by atoms with Crippen LogP contribution in [0.5, 0.6) is 0 Å². The Morgan fingerprint density at radius 1 is 1.39 bits per heavy atom. The molecule has 0 saturated heterocycles. The van der Waals surface area contributed by atoms with Crippen LogP contribution in [0.1, 0.15) is 26.7 Å². The molecule has 6 nitrogen and oxygen atoms in total. The molecule has 3 N–H and O–H groups in total. The lowest BCUT2D eigenvalue weighted by Crippen LogP contribution is -2.17. The molecule has 1 atom stereocenters. The maximum absolute atomic E-state index is 9.14. The van der Waals surface area contributed by atoms with Crippen LogP contribution in [-0.4, -0.2) is 40.5 Å². The molecule has 0 aliphatic heterocycles. The summed E-state index contributed by atoms with van der Waals surface area (Å²) in [6.07, 6.45) is 1.86. The quantitative estimate of drug-likeness (QED) is 0.340. The van der Waals surface area contributed by atoms with Crippen molar-refractivity contribution < 1.29 is 30.0 Å². The molecule has 0 spiro atoms. The summed E-state index contributed by atoms with van der Waals surface area (Å²) in [6, 6.07) is 0. The molecule has 6 heteroatoms. The molecule has 0 aliphatic rings. The van der Waals surface area contributed by atoms with Crippen molar-refractivity contribution in [3.63, 3.8) is 0 Å². The summed E-state index contributed by atoms with van der Waals surface area (Å²) in [5.74, 6) is -1.23. The first-order chi connectivity index (χ1) is 8.31. The molecule has 0 saturated carbocycles. The third-order valence-corrected chi connectivity index (χ3v) is 1.17. The Labute approximate surface area is 108 Å². The predicted molar refractivity (Wildman–Crippen MR) is 66.2 cm³/mol. The van der Waals surface area contributed by atoms with Crippen LogP contribution in [0.2, 0.25) is 0 Å². The summed E-state index contributed by atoms with van der Waals surface area (Å²) in [6.45, 7) is 10.2. The molecule has 1 unspecified atom stereocenters. The Balaban J connectivity index is -0.000000190. The molecule has 0 aromatic carbocycles. The van der Waals surface area contributed by atoms with E-state index < -0.39 is 18.5 Å². The van der Waals surface area contributed by atoms with Gasteiger partial charge in [-0.15, -0.1) is 6.58 Å². The van der Waals surface area contributed by atoms with E-state index in [1.807, 2.05) is 6.92 Å². The third-order valence-electron chi connectivity index (χ3n) is 1.17. The minimum Gasteiger partial charge on any atom is -0.545 e. The number of carboxylic acid groups (broad SMARTS) is 1. The Hall–Kier alpha value is -1.21. The van der Waals surface area contributed by atoms with E-state index in [1.54, 1.807) is 13.0 Å². The number of rotatable bonds is 6. The van der Waals surface area contributed by atoms with Gasteiger partial charge in [0, 0.05) is 0 Å². The summed E-state index contributed by atoms with van der Waals surface area (Å²) >= 11 is 0. The van der Waals surface area contributed by atoms with Gasteiger partial charge in [-0.2, -0.15) is 0 Å². The summed E-state index contributed by atoms with van der Waals surface area (Å²) in [4.78, 5) is 9.14. The molecule has 0 amide bonds. The highest BCUT2D eigenvalue weighted by Crippen LogP contribution is 1.88. The molecule has 18 heavy (non-hydrogen) atoms. The number of carboxylic acids is 1. The van der Waals surface area contributed by atoms with Crippen molar-refractivity contribution in [2.75, 3.05) is 6.61 Å². The van der Waals surface area contributed by atoms with Gasteiger partial charge in [-0.25, -0.2) is 0 Å². The van der Waals surface area contributed by atoms with Crippen LogP contribution >= 0.6 is 0 Å². The molecule has 0 rings (SSSR count). The molecule has 0 heterocycles. The molecule has 108 valence electrons. The van der Waals surface area contributed by atoms with Crippen LogP contribution in [-0.2, 0) is 9.53 Å². The monoisotopic (exact) mass is 263 g/mol. The third kappa shape index (κ3) is 46.3. The number of carbonyl (C=O) groups is 1. The first kappa shape index (κ1) is 22.0. The largest absolute Gasteiger partial charge is 0.545 e. The van der Waals surface area contributed by atoms with Gasteiger partial charge in [0.25, 0.3) is 0 Å². The summed E-state index contributed by atoms with van der Waals surface area (Å²) < 4.78 is 4.63. The Morgan fingerprint density at radius 3 is 1.89 bits per heavy atom. The molecule has 0 fully saturated rings. The number of hydrogen-bond donors (Lipinski definition) is 3. The first-order valence-corrected chi connectivity index (χ1v) is 5.41. The van der Waals surface area contributed by atoms with Gasteiger partial charge in [-0.05, 0) is 19.4 Å². The van der Waals surface area contributed by atoms with E-state index in [0.29, 0.717) is 13.0 Å². The molecular formula is C12H23O6-. The Morgan fingerprint density at radius 2 is 1.83 bits per heavy atom. The minimum absolute atomic E-state index is 0.414. The zero-order chi connectivity index (χ0) is 15.0. The zero-order valence-electron chi connectivity index (χ0n) is 10.9. The number of aliphatic carboxylic acids is 1. The van der Waals surface area contributed by atoms with E-state index in [9.17, 15) is 0 Å². The lowest BCUT2D eigenvalue weighted by atomic mass is 10.3. The van der Waals surface area contributed by atoms with Crippen molar-refractivity contribution in [3.8, 4) is 0 Å².